The van der Waals surface area contributed by atoms with Gasteiger partial charge in [-0.1, -0.05) is 0 Å². The van der Waals surface area contributed by atoms with E-state index in [4.69, 9.17) is 4.74 Å². The molecule has 1 aliphatic rings. The van der Waals surface area contributed by atoms with Gasteiger partial charge in [-0.3, -0.25) is 0 Å². The SMILES string of the molecule is Cc1cc2c(c(O)c1CO)C=CC(C)(C)O2. The average molecular weight is 220 g/mol. The van der Waals surface area contributed by atoms with E-state index >= 15 is 0 Å². The molecule has 3 nitrogen and oxygen atoms in total. The van der Waals surface area contributed by atoms with E-state index in [0.29, 0.717) is 16.9 Å². The van der Waals surface area contributed by atoms with Gasteiger partial charge < -0.3 is 14.9 Å². The van der Waals surface area contributed by atoms with Crippen molar-refractivity contribution in [2.75, 3.05) is 0 Å². The summed E-state index contributed by atoms with van der Waals surface area (Å²) in [5.41, 5.74) is 1.69. The number of aliphatic hydroxyl groups excluding tert-OH is 1. The number of benzene rings is 1. The van der Waals surface area contributed by atoms with Crippen molar-refractivity contribution < 1.29 is 14.9 Å². The zero-order valence-corrected chi connectivity index (χ0v) is 9.74. The summed E-state index contributed by atoms with van der Waals surface area (Å²) >= 11 is 0. The molecule has 0 spiro atoms. The summed E-state index contributed by atoms with van der Waals surface area (Å²) in [5, 5.41) is 19.2. The molecule has 1 aromatic rings. The second kappa shape index (κ2) is 3.52. The first-order valence-electron chi connectivity index (χ1n) is 5.29. The summed E-state index contributed by atoms with van der Waals surface area (Å²) in [6.07, 6.45) is 3.73. The van der Waals surface area contributed by atoms with Crippen LogP contribution in [0.2, 0.25) is 0 Å². The average Bonchev–Trinajstić information content (AvgIpc) is 2.16. The van der Waals surface area contributed by atoms with Crippen LogP contribution in [0.3, 0.4) is 0 Å². The molecule has 2 rings (SSSR count). The van der Waals surface area contributed by atoms with Crippen LogP contribution in [0.15, 0.2) is 12.1 Å². The molecule has 0 radical (unpaired) electrons. The lowest BCUT2D eigenvalue weighted by molar-refractivity contribution is 0.158. The van der Waals surface area contributed by atoms with Gasteiger partial charge in [-0.05, 0) is 44.6 Å². The number of hydrogen-bond donors (Lipinski definition) is 2. The molecule has 2 N–H and O–H groups in total. The third-order valence-electron chi connectivity index (χ3n) is 2.81. The van der Waals surface area contributed by atoms with Crippen molar-refractivity contribution in [1.29, 1.82) is 0 Å². The first-order valence-corrected chi connectivity index (χ1v) is 5.29. The molecule has 1 aromatic carbocycles. The summed E-state index contributed by atoms with van der Waals surface area (Å²) in [5.74, 6) is 0.781. The van der Waals surface area contributed by atoms with Crippen LogP contribution in [-0.4, -0.2) is 15.8 Å². The highest BCUT2D eigenvalue weighted by Crippen LogP contribution is 2.40. The second-order valence-corrected chi connectivity index (χ2v) is 4.63. The molecule has 0 unspecified atom stereocenters. The smallest absolute Gasteiger partial charge is 0.132 e. The Kier molecular flexibility index (Phi) is 2.43. The van der Waals surface area contributed by atoms with E-state index in [-0.39, 0.29) is 18.0 Å². The Morgan fingerprint density at radius 3 is 2.69 bits per heavy atom. The van der Waals surface area contributed by atoms with Gasteiger partial charge in [-0.25, -0.2) is 0 Å². The molecule has 3 heteroatoms. The highest BCUT2D eigenvalue weighted by atomic mass is 16.5. The summed E-state index contributed by atoms with van der Waals surface area (Å²) in [7, 11) is 0. The number of aromatic hydroxyl groups is 1. The van der Waals surface area contributed by atoms with Crippen LogP contribution in [0.5, 0.6) is 11.5 Å². The lowest BCUT2D eigenvalue weighted by atomic mass is 9.97. The minimum absolute atomic E-state index is 0.115. The zero-order chi connectivity index (χ0) is 11.9. The Morgan fingerprint density at radius 1 is 1.38 bits per heavy atom. The predicted molar refractivity (Wildman–Crippen MR) is 62.5 cm³/mol. The molecule has 1 aliphatic heterocycles. The Labute approximate surface area is 95.0 Å². The molecule has 0 amide bonds. The van der Waals surface area contributed by atoms with Gasteiger partial charge in [0.2, 0.25) is 0 Å². The van der Waals surface area contributed by atoms with Gasteiger partial charge in [0.05, 0.1) is 12.2 Å². The van der Waals surface area contributed by atoms with E-state index in [1.54, 1.807) is 0 Å². The quantitative estimate of drug-likeness (QED) is 0.764. The van der Waals surface area contributed by atoms with Crippen molar-refractivity contribution in [1.82, 2.24) is 0 Å². The van der Waals surface area contributed by atoms with Crippen molar-refractivity contribution in [3.63, 3.8) is 0 Å². The molecular weight excluding hydrogens is 204 g/mol. The topological polar surface area (TPSA) is 49.7 Å². The van der Waals surface area contributed by atoms with Gasteiger partial charge in [0.1, 0.15) is 17.1 Å². The van der Waals surface area contributed by atoms with Gasteiger partial charge in [0, 0.05) is 5.56 Å². The molecule has 0 saturated carbocycles. The molecule has 0 bridgehead atoms. The lowest BCUT2D eigenvalue weighted by Gasteiger charge is -2.29. The summed E-state index contributed by atoms with van der Waals surface area (Å²) < 4.78 is 5.75. The van der Waals surface area contributed by atoms with Crippen LogP contribution >= 0.6 is 0 Å². The van der Waals surface area contributed by atoms with Gasteiger partial charge in [0.15, 0.2) is 0 Å². The van der Waals surface area contributed by atoms with E-state index in [9.17, 15) is 10.2 Å². The molecule has 0 atom stereocenters. The highest BCUT2D eigenvalue weighted by Gasteiger charge is 2.25. The van der Waals surface area contributed by atoms with E-state index < -0.39 is 0 Å². The molecule has 0 aromatic heterocycles. The maximum absolute atomic E-state index is 9.99. The Hall–Kier alpha value is -1.48. The fourth-order valence-corrected chi connectivity index (χ4v) is 1.87. The van der Waals surface area contributed by atoms with E-state index in [2.05, 4.69) is 0 Å². The molecular formula is C13H16O3. The maximum Gasteiger partial charge on any atom is 0.132 e. The number of hydrogen-bond acceptors (Lipinski definition) is 3. The monoisotopic (exact) mass is 220 g/mol. The number of aliphatic hydroxyl groups is 1. The normalized spacial score (nSPS) is 16.8. The second-order valence-electron chi connectivity index (χ2n) is 4.63. The number of fused-ring (bicyclic) bond motifs is 1. The maximum atomic E-state index is 9.99. The summed E-state index contributed by atoms with van der Waals surface area (Å²) in [6.45, 7) is 5.60. The van der Waals surface area contributed by atoms with Crippen LogP contribution < -0.4 is 4.74 Å². The van der Waals surface area contributed by atoms with Gasteiger partial charge in [-0.2, -0.15) is 0 Å². The largest absolute Gasteiger partial charge is 0.507 e. The summed E-state index contributed by atoms with van der Waals surface area (Å²) in [6, 6.07) is 1.85. The van der Waals surface area contributed by atoms with Crippen LogP contribution in [0.25, 0.3) is 6.08 Å². The van der Waals surface area contributed by atoms with Crippen molar-refractivity contribution in [2.24, 2.45) is 0 Å². The van der Waals surface area contributed by atoms with Crippen LogP contribution in [0.4, 0.5) is 0 Å². The van der Waals surface area contributed by atoms with Crippen LogP contribution in [-0.2, 0) is 6.61 Å². The molecule has 0 saturated heterocycles. The van der Waals surface area contributed by atoms with E-state index in [0.717, 1.165) is 5.56 Å². The zero-order valence-electron chi connectivity index (χ0n) is 9.74. The van der Waals surface area contributed by atoms with Crippen molar-refractivity contribution in [2.45, 2.75) is 33.0 Å². The minimum atomic E-state index is -0.355. The lowest BCUT2D eigenvalue weighted by Crippen LogP contribution is -2.27. The molecule has 0 fully saturated rings. The Balaban J connectivity index is 2.61. The van der Waals surface area contributed by atoms with Crippen molar-refractivity contribution in [3.05, 3.63) is 28.8 Å². The first kappa shape index (κ1) is 11.0. The minimum Gasteiger partial charge on any atom is -0.507 e. The predicted octanol–water partition coefficient (Wildman–Crippen LogP) is 2.38. The molecule has 16 heavy (non-hydrogen) atoms. The number of ether oxygens (including phenoxy) is 1. The first-order chi connectivity index (χ1) is 7.44. The fourth-order valence-electron chi connectivity index (χ4n) is 1.87. The Bertz CT molecular complexity index is 459. The number of aryl methyl sites for hydroxylation is 1. The van der Waals surface area contributed by atoms with Crippen molar-refractivity contribution >= 4 is 6.08 Å². The third kappa shape index (κ3) is 1.67. The van der Waals surface area contributed by atoms with E-state index in [1.807, 2.05) is 39.0 Å². The van der Waals surface area contributed by atoms with Gasteiger partial charge in [0.25, 0.3) is 0 Å². The molecule has 1 heterocycles. The Morgan fingerprint density at radius 2 is 2.06 bits per heavy atom. The highest BCUT2D eigenvalue weighted by molar-refractivity contribution is 5.69. The van der Waals surface area contributed by atoms with Gasteiger partial charge >= 0.3 is 0 Å². The number of rotatable bonds is 1. The van der Waals surface area contributed by atoms with Crippen LogP contribution in [0.1, 0.15) is 30.5 Å². The third-order valence-corrected chi connectivity index (χ3v) is 2.81. The van der Waals surface area contributed by atoms with Crippen molar-refractivity contribution in [3.8, 4) is 11.5 Å². The molecule has 0 aliphatic carbocycles. The standard InChI is InChI=1S/C13H16O3/c1-8-6-11-9(12(15)10(8)7-14)4-5-13(2,3)16-11/h4-6,14-15H,7H2,1-3H3. The van der Waals surface area contributed by atoms with Crippen LogP contribution in [0, 0.1) is 6.92 Å². The number of phenols is 1. The van der Waals surface area contributed by atoms with E-state index in [1.165, 1.54) is 0 Å². The summed E-state index contributed by atoms with van der Waals surface area (Å²) in [4.78, 5) is 0. The molecule has 86 valence electrons. The van der Waals surface area contributed by atoms with Gasteiger partial charge in [-0.15, -0.1) is 0 Å². The fraction of sp³-hybridized carbons (Fsp3) is 0.385.